The topological polar surface area (TPSA) is 108 Å². The molecule has 0 spiro atoms. The highest BCUT2D eigenvalue weighted by atomic mass is 16.5. The van der Waals surface area contributed by atoms with Gasteiger partial charge in [-0.15, -0.1) is 0 Å². The fourth-order valence-corrected chi connectivity index (χ4v) is 5.42. The summed E-state index contributed by atoms with van der Waals surface area (Å²) in [6.07, 6.45) is 3.67. The molecule has 3 heterocycles. The zero-order valence-corrected chi connectivity index (χ0v) is 21.8. The van der Waals surface area contributed by atoms with Gasteiger partial charge in [-0.25, -0.2) is 4.98 Å². The number of para-hydroxylation sites is 1. The Morgan fingerprint density at radius 3 is 2.32 bits per heavy atom. The normalized spacial score (nSPS) is 17.3. The molecule has 0 aliphatic carbocycles. The number of nitrogens with zero attached hydrogens (tertiary/aromatic N) is 5. The van der Waals surface area contributed by atoms with Crippen LogP contribution < -0.4 is 15.4 Å². The van der Waals surface area contributed by atoms with E-state index in [1.54, 1.807) is 7.11 Å². The average Bonchev–Trinajstić information content (AvgIpc) is 2.95. The second kappa shape index (κ2) is 10.5. The molecule has 38 heavy (non-hydrogen) atoms. The van der Waals surface area contributed by atoms with Gasteiger partial charge >= 0.3 is 0 Å². The SMILES string of the molecule is COc1c(-c2ccc(N3C[C@@H](C)N(C(=O)CN)[C@@H](C)C3)nc2)cnc2c(-c3ccc(C#N)cc3)cccc12. The lowest BCUT2D eigenvalue weighted by Gasteiger charge is -2.44. The van der Waals surface area contributed by atoms with E-state index < -0.39 is 0 Å². The van der Waals surface area contributed by atoms with E-state index in [1.165, 1.54) is 0 Å². The molecule has 1 aliphatic rings. The molecule has 192 valence electrons. The van der Waals surface area contributed by atoms with Gasteiger partial charge in [0.1, 0.15) is 11.6 Å². The number of nitriles is 1. The van der Waals surface area contributed by atoms with Crippen molar-refractivity contribution in [2.75, 3.05) is 31.6 Å². The molecule has 2 N–H and O–H groups in total. The summed E-state index contributed by atoms with van der Waals surface area (Å²) in [5, 5.41) is 10.0. The van der Waals surface area contributed by atoms with Gasteiger partial charge in [0.25, 0.3) is 0 Å². The molecule has 8 heteroatoms. The van der Waals surface area contributed by atoms with Gasteiger partial charge in [0.15, 0.2) is 0 Å². The van der Waals surface area contributed by atoms with Crippen LogP contribution in [0.25, 0.3) is 33.2 Å². The summed E-state index contributed by atoms with van der Waals surface area (Å²) in [6.45, 7) is 5.51. The predicted molar refractivity (Wildman–Crippen MR) is 149 cm³/mol. The maximum absolute atomic E-state index is 12.3. The molecule has 2 aromatic carbocycles. The highest BCUT2D eigenvalue weighted by Gasteiger charge is 2.32. The Morgan fingerprint density at radius 1 is 1.00 bits per heavy atom. The van der Waals surface area contributed by atoms with Crippen LogP contribution in [-0.4, -0.2) is 59.6 Å². The fourth-order valence-electron chi connectivity index (χ4n) is 5.42. The summed E-state index contributed by atoms with van der Waals surface area (Å²) in [5.41, 5.74) is 10.8. The second-order valence-electron chi connectivity index (χ2n) is 9.61. The van der Waals surface area contributed by atoms with Crippen molar-refractivity contribution in [3.05, 3.63) is 72.6 Å². The number of methoxy groups -OCH3 is 1. The van der Waals surface area contributed by atoms with Gasteiger partial charge in [-0.2, -0.15) is 5.26 Å². The van der Waals surface area contributed by atoms with E-state index >= 15 is 0 Å². The Bertz CT molecular complexity index is 1500. The summed E-state index contributed by atoms with van der Waals surface area (Å²) in [4.78, 5) is 25.9. The van der Waals surface area contributed by atoms with Crippen LogP contribution in [-0.2, 0) is 4.79 Å². The minimum atomic E-state index is -0.0220. The highest BCUT2D eigenvalue weighted by molar-refractivity contribution is 6.00. The molecule has 0 unspecified atom stereocenters. The maximum atomic E-state index is 12.3. The number of pyridine rings is 2. The van der Waals surface area contributed by atoms with Gasteiger partial charge in [-0.1, -0.05) is 24.3 Å². The average molecular weight is 507 g/mol. The van der Waals surface area contributed by atoms with Crippen molar-refractivity contribution in [3.63, 3.8) is 0 Å². The molecule has 1 aliphatic heterocycles. The number of rotatable bonds is 5. The summed E-state index contributed by atoms with van der Waals surface area (Å²) in [6, 6.07) is 19.8. The lowest BCUT2D eigenvalue weighted by atomic mass is 9.98. The van der Waals surface area contributed by atoms with Gasteiger partial charge in [0.05, 0.1) is 30.8 Å². The molecule has 0 radical (unpaired) electrons. The number of carbonyl (C=O) groups excluding carboxylic acids is 1. The van der Waals surface area contributed by atoms with Crippen molar-refractivity contribution >= 4 is 22.6 Å². The zero-order chi connectivity index (χ0) is 26.8. The molecule has 1 amide bonds. The van der Waals surface area contributed by atoms with Crippen LogP contribution in [0.5, 0.6) is 5.75 Å². The predicted octanol–water partition coefficient (Wildman–Crippen LogP) is 4.23. The molecule has 2 atom stereocenters. The molecular weight excluding hydrogens is 476 g/mol. The van der Waals surface area contributed by atoms with E-state index in [4.69, 9.17) is 25.7 Å². The number of amides is 1. The number of hydrogen-bond donors (Lipinski definition) is 1. The third-order valence-electron chi connectivity index (χ3n) is 7.14. The zero-order valence-electron chi connectivity index (χ0n) is 21.8. The third-order valence-corrected chi connectivity index (χ3v) is 7.14. The van der Waals surface area contributed by atoms with Crippen molar-refractivity contribution in [2.24, 2.45) is 5.73 Å². The van der Waals surface area contributed by atoms with Crippen LogP contribution in [0.15, 0.2) is 67.0 Å². The number of piperazine rings is 1. The number of fused-ring (bicyclic) bond motifs is 1. The molecule has 8 nitrogen and oxygen atoms in total. The lowest BCUT2D eigenvalue weighted by molar-refractivity contribution is -0.134. The quantitative estimate of drug-likeness (QED) is 0.432. The molecular formula is C30H30N6O2. The molecule has 2 aromatic heterocycles. The van der Waals surface area contributed by atoms with Crippen LogP contribution in [0.2, 0.25) is 0 Å². The van der Waals surface area contributed by atoms with Crippen molar-refractivity contribution < 1.29 is 9.53 Å². The largest absolute Gasteiger partial charge is 0.495 e. The van der Waals surface area contributed by atoms with Crippen LogP contribution in [0.4, 0.5) is 5.82 Å². The first-order chi connectivity index (χ1) is 18.4. The Balaban J connectivity index is 1.45. The Morgan fingerprint density at radius 2 is 1.71 bits per heavy atom. The van der Waals surface area contributed by atoms with Crippen LogP contribution >= 0.6 is 0 Å². The van der Waals surface area contributed by atoms with Crippen LogP contribution in [0.3, 0.4) is 0 Å². The molecule has 1 fully saturated rings. The van der Waals surface area contributed by atoms with E-state index in [9.17, 15) is 4.79 Å². The monoisotopic (exact) mass is 506 g/mol. The summed E-state index contributed by atoms with van der Waals surface area (Å²) in [5.74, 6) is 1.57. The van der Waals surface area contributed by atoms with Crippen molar-refractivity contribution in [1.82, 2.24) is 14.9 Å². The van der Waals surface area contributed by atoms with E-state index in [0.717, 1.165) is 44.7 Å². The summed E-state index contributed by atoms with van der Waals surface area (Å²) in [7, 11) is 1.67. The number of ether oxygens (including phenoxy) is 1. The van der Waals surface area contributed by atoms with E-state index in [-0.39, 0.29) is 24.5 Å². The maximum Gasteiger partial charge on any atom is 0.236 e. The van der Waals surface area contributed by atoms with Gasteiger partial charge < -0.3 is 20.3 Å². The van der Waals surface area contributed by atoms with Crippen LogP contribution in [0.1, 0.15) is 19.4 Å². The van der Waals surface area contributed by atoms with Crippen LogP contribution in [0, 0.1) is 11.3 Å². The number of benzene rings is 2. The van der Waals surface area contributed by atoms with Crippen molar-refractivity contribution in [3.8, 4) is 34.1 Å². The van der Waals surface area contributed by atoms with E-state index in [0.29, 0.717) is 18.7 Å². The second-order valence-corrected chi connectivity index (χ2v) is 9.61. The first-order valence-corrected chi connectivity index (χ1v) is 12.6. The first-order valence-electron chi connectivity index (χ1n) is 12.6. The smallest absolute Gasteiger partial charge is 0.236 e. The summed E-state index contributed by atoms with van der Waals surface area (Å²) < 4.78 is 5.89. The number of hydrogen-bond acceptors (Lipinski definition) is 7. The molecule has 0 saturated carbocycles. The van der Waals surface area contributed by atoms with Gasteiger partial charge in [0.2, 0.25) is 5.91 Å². The summed E-state index contributed by atoms with van der Waals surface area (Å²) >= 11 is 0. The first kappa shape index (κ1) is 25.2. The molecule has 4 aromatic rings. The van der Waals surface area contributed by atoms with Gasteiger partial charge in [-0.3, -0.25) is 9.78 Å². The van der Waals surface area contributed by atoms with Crippen molar-refractivity contribution in [1.29, 1.82) is 5.26 Å². The Kier molecular flexibility index (Phi) is 6.95. The molecule has 1 saturated heterocycles. The minimum absolute atomic E-state index is 0.0220. The van der Waals surface area contributed by atoms with Gasteiger partial charge in [-0.05, 0) is 49.7 Å². The number of aromatic nitrogens is 2. The Labute approximate surface area is 222 Å². The minimum Gasteiger partial charge on any atom is -0.495 e. The van der Waals surface area contributed by atoms with Crippen molar-refractivity contribution in [2.45, 2.75) is 25.9 Å². The number of carbonyl (C=O) groups is 1. The van der Waals surface area contributed by atoms with E-state index in [2.05, 4.69) is 11.0 Å². The van der Waals surface area contributed by atoms with E-state index in [1.807, 2.05) is 85.7 Å². The van der Waals surface area contributed by atoms with Gasteiger partial charge in [0, 0.05) is 59.6 Å². The molecule has 5 rings (SSSR count). The highest BCUT2D eigenvalue weighted by Crippen LogP contribution is 2.39. The molecule has 0 bridgehead atoms. The lowest BCUT2D eigenvalue weighted by Crippen LogP contribution is -2.60. The Hall–Kier alpha value is -4.48. The standard InChI is InChI=1S/C30H30N6O2/c1-19-17-35(18-20(2)36(19)28(37)14-32)27-12-11-23(15-33-27)26-16-34-29-24(5-4-6-25(29)30(26)38-3)22-9-7-21(13-31)8-10-22/h4-12,15-16,19-20H,14,17-18,32H2,1-3H3/t19-,20+. The fraction of sp³-hybridized carbons (Fsp3) is 0.267. The third kappa shape index (κ3) is 4.53. The number of nitrogens with two attached hydrogens (primary N) is 1. The number of anilines is 1.